The lowest BCUT2D eigenvalue weighted by atomic mass is 9.92. The molecule has 40 heavy (non-hydrogen) atoms. The third-order valence-electron chi connectivity index (χ3n) is 8.33. The molecule has 202 valence electrons. The Labute approximate surface area is 232 Å². The first kappa shape index (κ1) is 24.6. The molecule has 0 spiro atoms. The highest BCUT2D eigenvalue weighted by atomic mass is 16.4. The van der Waals surface area contributed by atoms with E-state index in [0.717, 1.165) is 101 Å². The number of fused-ring (bicyclic) bond motifs is 4. The number of aryl methyl sites for hydroxylation is 1. The van der Waals surface area contributed by atoms with Gasteiger partial charge in [0.2, 0.25) is 0 Å². The van der Waals surface area contributed by atoms with Crippen LogP contribution in [-0.2, 0) is 24.2 Å². The van der Waals surface area contributed by atoms with Crippen LogP contribution in [0.1, 0.15) is 41.6 Å². The largest absolute Gasteiger partial charge is 0.481 e. The molecule has 7 rings (SSSR count). The lowest BCUT2D eigenvalue weighted by Crippen LogP contribution is -2.32. The second-order valence-corrected chi connectivity index (χ2v) is 10.8. The van der Waals surface area contributed by atoms with Crippen molar-refractivity contribution >= 4 is 39.5 Å². The molecule has 2 aliphatic heterocycles. The molecule has 8 heteroatoms. The van der Waals surface area contributed by atoms with E-state index in [1.54, 1.807) is 6.33 Å². The van der Waals surface area contributed by atoms with Gasteiger partial charge in [-0.1, -0.05) is 30.3 Å². The molecule has 0 aliphatic carbocycles. The van der Waals surface area contributed by atoms with Gasteiger partial charge in [-0.25, -0.2) is 9.97 Å². The van der Waals surface area contributed by atoms with Crippen molar-refractivity contribution in [3.63, 3.8) is 0 Å². The zero-order chi connectivity index (χ0) is 27.2. The van der Waals surface area contributed by atoms with Crippen molar-refractivity contribution in [3.05, 3.63) is 77.4 Å². The SMILES string of the molecule is Cc1ncc(-c2ccc3c(c2)CCN(c2ncnc4c2oc2ccccc24)C3)c(N2CCCCC2)c1CC(=O)O. The summed E-state index contributed by atoms with van der Waals surface area (Å²) in [5, 5.41) is 10.7. The van der Waals surface area contributed by atoms with Crippen LogP contribution in [0.4, 0.5) is 11.5 Å². The van der Waals surface area contributed by atoms with E-state index in [-0.39, 0.29) is 6.42 Å². The summed E-state index contributed by atoms with van der Waals surface area (Å²) in [7, 11) is 0. The fourth-order valence-electron chi connectivity index (χ4n) is 6.33. The van der Waals surface area contributed by atoms with E-state index in [0.29, 0.717) is 0 Å². The summed E-state index contributed by atoms with van der Waals surface area (Å²) in [5.41, 5.74) is 9.72. The highest BCUT2D eigenvalue weighted by molar-refractivity contribution is 6.05. The fraction of sp³-hybridized carbons (Fsp3) is 0.312. The molecule has 0 radical (unpaired) electrons. The number of furan rings is 1. The maximum Gasteiger partial charge on any atom is 0.307 e. The third-order valence-corrected chi connectivity index (χ3v) is 8.33. The molecule has 1 N–H and O–H groups in total. The monoisotopic (exact) mass is 533 g/mol. The highest BCUT2D eigenvalue weighted by Gasteiger charge is 2.26. The molecular formula is C32H31N5O3. The number of anilines is 2. The van der Waals surface area contributed by atoms with Crippen molar-refractivity contribution in [2.45, 2.75) is 45.6 Å². The maximum atomic E-state index is 11.8. The van der Waals surface area contributed by atoms with Crippen LogP contribution in [0.5, 0.6) is 0 Å². The lowest BCUT2D eigenvalue weighted by molar-refractivity contribution is -0.136. The molecule has 0 atom stereocenters. The third kappa shape index (κ3) is 4.24. The van der Waals surface area contributed by atoms with E-state index >= 15 is 0 Å². The van der Waals surface area contributed by atoms with Crippen LogP contribution in [0.2, 0.25) is 0 Å². The van der Waals surface area contributed by atoms with E-state index in [4.69, 9.17) is 4.42 Å². The average molecular weight is 534 g/mol. The van der Waals surface area contributed by atoms with Gasteiger partial charge in [0.15, 0.2) is 11.4 Å². The van der Waals surface area contributed by atoms with E-state index in [2.05, 4.69) is 43.0 Å². The zero-order valence-corrected chi connectivity index (χ0v) is 22.6. The van der Waals surface area contributed by atoms with Gasteiger partial charge in [-0.05, 0) is 61.4 Å². The number of hydrogen-bond acceptors (Lipinski definition) is 7. The average Bonchev–Trinajstić information content (AvgIpc) is 3.37. The Kier molecular flexibility index (Phi) is 6.10. The van der Waals surface area contributed by atoms with E-state index in [1.807, 2.05) is 37.4 Å². The molecule has 1 saturated heterocycles. The number of aromatic nitrogens is 3. The fourth-order valence-corrected chi connectivity index (χ4v) is 6.33. The number of carboxylic acids is 1. The molecule has 8 nitrogen and oxygen atoms in total. The van der Waals surface area contributed by atoms with Gasteiger partial charge < -0.3 is 19.3 Å². The topological polar surface area (TPSA) is 95.6 Å². The maximum absolute atomic E-state index is 11.8. The first-order chi connectivity index (χ1) is 19.6. The van der Waals surface area contributed by atoms with Gasteiger partial charge in [-0.3, -0.25) is 9.78 Å². The zero-order valence-electron chi connectivity index (χ0n) is 22.6. The Morgan fingerprint density at radius 2 is 1.82 bits per heavy atom. The van der Waals surface area contributed by atoms with Crippen molar-refractivity contribution in [2.24, 2.45) is 0 Å². The number of aliphatic carboxylic acids is 1. The summed E-state index contributed by atoms with van der Waals surface area (Å²) in [6.45, 7) is 5.35. The van der Waals surface area contributed by atoms with E-state index in [9.17, 15) is 9.90 Å². The summed E-state index contributed by atoms with van der Waals surface area (Å²) in [5.74, 6) is -0.00141. The van der Waals surface area contributed by atoms with Crippen molar-refractivity contribution in [3.8, 4) is 11.1 Å². The quantitative estimate of drug-likeness (QED) is 0.297. The molecule has 0 amide bonds. The summed E-state index contributed by atoms with van der Waals surface area (Å²) < 4.78 is 6.20. The molecule has 0 unspecified atom stereocenters. The number of piperidine rings is 1. The van der Waals surface area contributed by atoms with Crippen molar-refractivity contribution < 1.29 is 14.3 Å². The van der Waals surface area contributed by atoms with Gasteiger partial charge >= 0.3 is 5.97 Å². The Bertz CT molecular complexity index is 1760. The Hall–Kier alpha value is -4.46. The van der Waals surface area contributed by atoms with Gasteiger partial charge in [-0.15, -0.1) is 0 Å². The molecule has 2 aromatic carbocycles. The van der Waals surface area contributed by atoms with Crippen LogP contribution < -0.4 is 9.80 Å². The number of hydrogen-bond donors (Lipinski definition) is 1. The lowest BCUT2D eigenvalue weighted by Gasteiger charge is -2.33. The predicted molar refractivity (Wildman–Crippen MR) is 156 cm³/mol. The minimum atomic E-state index is -0.825. The standard InChI is InChI=1S/C32H31N5O3/c1-20-25(16-28(38)39)30(36-12-5-2-6-13-36)26(17-33-20)22-9-10-23-18-37(14-11-21(23)15-22)32-31-29(34-19-35-32)24-7-3-4-8-27(24)40-31/h3-4,7-10,15,17,19H,2,5-6,11-14,16,18H2,1H3,(H,38,39). The summed E-state index contributed by atoms with van der Waals surface area (Å²) >= 11 is 0. The van der Waals surface area contributed by atoms with Gasteiger partial charge in [0.25, 0.3) is 0 Å². The first-order valence-electron chi connectivity index (χ1n) is 14.0. The number of pyridine rings is 1. The Morgan fingerprint density at radius 1 is 0.975 bits per heavy atom. The summed E-state index contributed by atoms with van der Waals surface area (Å²) in [4.78, 5) is 30.2. The Balaban J connectivity index is 1.25. The van der Waals surface area contributed by atoms with Gasteiger partial charge in [0.1, 0.15) is 17.4 Å². The molecule has 2 aliphatic rings. The van der Waals surface area contributed by atoms with Crippen LogP contribution in [0, 0.1) is 6.92 Å². The number of carboxylic acid groups (broad SMARTS) is 1. The molecule has 5 aromatic rings. The normalized spacial score (nSPS) is 15.5. The second kappa shape index (κ2) is 9.93. The van der Waals surface area contributed by atoms with Crippen LogP contribution in [0.3, 0.4) is 0 Å². The smallest absolute Gasteiger partial charge is 0.307 e. The highest BCUT2D eigenvalue weighted by Crippen LogP contribution is 2.39. The number of carbonyl (C=O) groups is 1. The number of nitrogens with zero attached hydrogens (tertiary/aromatic N) is 5. The number of benzene rings is 2. The molecule has 1 fully saturated rings. The van der Waals surface area contributed by atoms with Crippen molar-refractivity contribution in [1.29, 1.82) is 0 Å². The summed E-state index contributed by atoms with van der Waals surface area (Å²) in [6.07, 6.45) is 7.86. The number of para-hydroxylation sites is 1. The van der Waals surface area contributed by atoms with Crippen LogP contribution in [0.15, 0.2) is 59.4 Å². The van der Waals surface area contributed by atoms with E-state index < -0.39 is 5.97 Å². The van der Waals surface area contributed by atoms with Gasteiger partial charge in [-0.2, -0.15) is 0 Å². The van der Waals surface area contributed by atoms with Crippen LogP contribution in [0.25, 0.3) is 33.2 Å². The predicted octanol–water partition coefficient (Wildman–Crippen LogP) is 5.93. The Morgan fingerprint density at radius 3 is 2.67 bits per heavy atom. The van der Waals surface area contributed by atoms with E-state index in [1.165, 1.54) is 17.5 Å². The minimum absolute atomic E-state index is 0.0202. The minimum Gasteiger partial charge on any atom is -0.481 e. The molecule has 0 saturated carbocycles. The van der Waals surface area contributed by atoms with Crippen molar-refractivity contribution in [2.75, 3.05) is 29.4 Å². The van der Waals surface area contributed by atoms with Gasteiger partial charge in [0, 0.05) is 54.6 Å². The molecule has 5 heterocycles. The van der Waals surface area contributed by atoms with Gasteiger partial charge in [0.05, 0.1) is 12.1 Å². The number of rotatable bonds is 5. The molecule has 3 aromatic heterocycles. The van der Waals surface area contributed by atoms with Crippen LogP contribution >= 0.6 is 0 Å². The molecule has 0 bridgehead atoms. The van der Waals surface area contributed by atoms with Crippen LogP contribution in [-0.4, -0.2) is 45.7 Å². The summed E-state index contributed by atoms with van der Waals surface area (Å²) in [6, 6.07) is 14.6. The molecular weight excluding hydrogens is 502 g/mol. The van der Waals surface area contributed by atoms with Crippen molar-refractivity contribution in [1.82, 2.24) is 15.0 Å². The second-order valence-electron chi connectivity index (χ2n) is 10.8. The first-order valence-corrected chi connectivity index (χ1v) is 14.0.